The van der Waals surface area contributed by atoms with Gasteiger partial charge in [0, 0.05) is 10.4 Å². The molecular weight excluding hydrogens is 460 g/mol. The molecule has 0 N–H and O–H groups in total. The highest BCUT2D eigenvalue weighted by atomic mass is 32.2. The number of para-hydroxylation sites is 1. The van der Waals surface area contributed by atoms with Gasteiger partial charge in [-0.05, 0) is 54.2 Å². The molecule has 34 heavy (non-hydrogen) atoms. The average molecular weight is 483 g/mol. The third-order valence-corrected chi connectivity index (χ3v) is 8.52. The molecule has 4 nitrogen and oxygen atoms in total. The molecule has 1 aliphatic rings. The summed E-state index contributed by atoms with van der Waals surface area (Å²) in [6, 6.07) is 23.3. The SMILES string of the molecule is O=C(CSc1nc2sc3c(c2c(=O)n1-c1ccccc1)CCCC3)c1cccc2ccccc12. The number of nitrogens with zero attached hydrogens (tertiary/aromatic N) is 2. The second-order valence-electron chi connectivity index (χ2n) is 8.50. The Labute approximate surface area is 205 Å². The maximum atomic E-state index is 13.8. The van der Waals surface area contributed by atoms with Crippen molar-refractivity contribution in [1.29, 1.82) is 0 Å². The van der Waals surface area contributed by atoms with Crippen molar-refractivity contribution < 1.29 is 4.79 Å². The number of benzene rings is 3. The zero-order valence-corrected chi connectivity index (χ0v) is 20.1. The predicted molar refractivity (Wildman–Crippen MR) is 141 cm³/mol. The first-order valence-corrected chi connectivity index (χ1v) is 13.3. The Kier molecular flexibility index (Phi) is 5.55. The molecule has 0 radical (unpaired) electrons. The van der Waals surface area contributed by atoms with E-state index in [1.165, 1.54) is 22.2 Å². The highest BCUT2D eigenvalue weighted by Crippen LogP contribution is 2.35. The van der Waals surface area contributed by atoms with Crippen molar-refractivity contribution in [2.24, 2.45) is 0 Å². The number of hydrogen-bond donors (Lipinski definition) is 0. The van der Waals surface area contributed by atoms with E-state index in [4.69, 9.17) is 4.98 Å². The van der Waals surface area contributed by atoms with Crippen LogP contribution in [0.15, 0.2) is 82.7 Å². The van der Waals surface area contributed by atoms with Crippen LogP contribution in [0.25, 0.3) is 26.7 Å². The molecular formula is C28H22N2O2S2. The third-order valence-electron chi connectivity index (χ3n) is 6.39. The van der Waals surface area contributed by atoms with Crippen LogP contribution in [0.5, 0.6) is 0 Å². The summed E-state index contributed by atoms with van der Waals surface area (Å²) in [4.78, 5) is 34.1. The number of carbonyl (C=O) groups excluding carboxylic acids is 1. The fraction of sp³-hybridized carbons (Fsp3) is 0.179. The second-order valence-corrected chi connectivity index (χ2v) is 10.5. The summed E-state index contributed by atoms with van der Waals surface area (Å²) in [6.07, 6.45) is 4.23. The van der Waals surface area contributed by atoms with Gasteiger partial charge >= 0.3 is 0 Å². The number of thioether (sulfide) groups is 1. The van der Waals surface area contributed by atoms with Crippen molar-refractivity contribution in [3.8, 4) is 5.69 Å². The van der Waals surface area contributed by atoms with Gasteiger partial charge in [-0.2, -0.15) is 0 Å². The molecule has 6 rings (SSSR count). The van der Waals surface area contributed by atoms with E-state index in [2.05, 4.69) is 0 Å². The number of thiophene rings is 1. The number of aryl methyl sites for hydroxylation is 2. The van der Waals surface area contributed by atoms with Gasteiger partial charge in [0.2, 0.25) is 0 Å². The van der Waals surface area contributed by atoms with Gasteiger partial charge in [0.05, 0.1) is 16.8 Å². The first-order valence-electron chi connectivity index (χ1n) is 11.5. The lowest BCUT2D eigenvalue weighted by Gasteiger charge is -2.13. The van der Waals surface area contributed by atoms with Crippen LogP contribution in [0, 0.1) is 0 Å². The Bertz CT molecular complexity index is 1600. The average Bonchev–Trinajstić information content (AvgIpc) is 3.26. The topological polar surface area (TPSA) is 52.0 Å². The molecule has 0 unspecified atom stereocenters. The molecule has 0 amide bonds. The zero-order valence-electron chi connectivity index (χ0n) is 18.5. The normalized spacial score (nSPS) is 13.3. The molecule has 0 atom stereocenters. The summed E-state index contributed by atoms with van der Waals surface area (Å²) in [5.41, 5.74) is 2.62. The van der Waals surface area contributed by atoms with Crippen LogP contribution in [-0.4, -0.2) is 21.1 Å². The second kappa shape index (κ2) is 8.85. The fourth-order valence-electron chi connectivity index (χ4n) is 4.76. The Balaban J connectivity index is 1.43. The molecule has 2 heterocycles. The first kappa shape index (κ1) is 21.3. The molecule has 0 spiro atoms. The lowest BCUT2D eigenvalue weighted by molar-refractivity contribution is 0.102. The Morgan fingerprint density at radius 1 is 0.941 bits per heavy atom. The van der Waals surface area contributed by atoms with Crippen LogP contribution in [0.1, 0.15) is 33.6 Å². The van der Waals surface area contributed by atoms with Crippen LogP contribution in [0.4, 0.5) is 0 Å². The molecule has 2 aromatic heterocycles. The van der Waals surface area contributed by atoms with Crippen LogP contribution in [0.3, 0.4) is 0 Å². The van der Waals surface area contributed by atoms with Crippen LogP contribution < -0.4 is 5.56 Å². The summed E-state index contributed by atoms with van der Waals surface area (Å²) in [5, 5.41) is 3.32. The molecule has 3 aromatic carbocycles. The van der Waals surface area contributed by atoms with Gasteiger partial charge in [-0.15, -0.1) is 11.3 Å². The van der Waals surface area contributed by atoms with Crippen molar-refractivity contribution in [1.82, 2.24) is 9.55 Å². The lowest BCUT2D eigenvalue weighted by Crippen LogP contribution is -2.22. The molecule has 168 valence electrons. The zero-order chi connectivity index (χ0) is 23.1. The Morgan fingerprint density at radius 3 is 2.59 bits per heavy atom. The van der Waals surface area contributed by atoms with E-state index in [1.807, 2.05) is 72.8 Å². The van der Waals surface area contributed by atoms with Crippen molar-refractivity contribution in [2.45, 2.75) is 30.8 Å². The van der Waals surface area contributed by atoms with Crippen molar-refractivity contribution >= 4 is 49.9 Å². The van der Waals surface area contributed by atoms with E-state index in [0.29, 0.717) is 10.7 Å². The van der Waals surface area contributed by atoms with E-state index >= 15 is 0 Å². The molecule has 5 aromatic rings. The van der Waals surface area contributed by atoms with Gasteiger partial charge in [0.25, 0.3) is 5.56 Å². The van der Waals surface area contributed by atoms with Gasteiger partial charge < -0.3 is 0 Å². The molecule has 1 aliphatic carbocycles. The number of ketones is 1. The number of fused-ring (bicyclic) bond motifs is 4. The minimum atomic E-state index is -0.0318. The largest absolute Gasteiger partial charge is 0.293 e. The minimum Gasteiger partial charge on any atom is -0.293 e. The highest BCUT2D eigenvalue weighted by Gasteiger charge is 2.23. The van der Waals surface area contributed by atoms with Gasteiger partial charge in [0.1, 0.15) is 4.83 Å². The standard InChI is InChI=1S/C28H22N2O2S2/c31-23(21-15-8-10-18-9-4-5-13-20(18)21)17-33-28-29-26-25(22-14-6-7-16-24(22)34-26)27(32)30(28)19-11-2-1-3-12-19/h1-5,8-13,15H,6-7,14,16-17H2. The summed E-state index contributed by atoms with van der Waals surface area (Å²) >= 11 is 2.98. The monoisotopic (exact) mass is 482 g/mol. The number of carbonyl (C=O) groups is 1. The molecule has 0 fully saturated rings. The number of aromatic nitrogens is 2. The minimum absolute atomic E-state index is 0.0289. The van der Waals surface area contributed by atoms with Crippen LogP contribution in [-0.2, 0) is 12.8 Å². The van der Waals surface area contributed by atoms with Crippen LogP contribution in [0.2, 0.25) is 0 Å². The molecule has 6 heteroatoms. The summed E-state index contributed by atoms with van der Waals surface area (Å²) in [6.45, 7) is 0. The molecule has 0 saturated carbocycles. The number of hydrogen-bond acceptors (Lipinski definition) is 5. The number of rotatable bonds is 5. The van der Waals surface area contributed by atoms with Crippen molar-refractivity contribution in [2.75, 3.05) is 5.75 Å². The van der Waals surface area contributed by atoms with E-state index in [1.54, 1.807) is 15.9 Å². The van der Waals surface area contributed by atoms with Gasteiger partial charge in [-0.1, -0.05) is 72.4 Å². The molecule has 0 bridgehead atoms. The number of Topliss-reactive ketones (excluding diaryl/α,β-unsaturated/α-hetero) is 1. The van der Waals surface area contributed by atoms with Crippen molar-refractivity contribution in [3.05, 3.63) is 99.2 Å². The van der Waals surface area contributed by atoms with E-state index in [-0.39, 0.29) is 17.1 Å². The maximum Gasteiger partial charge on any atom is 0.267 e. The smallest absolute Gasteiger partial charge is 0.267 e. The van der Waals surface area contributed by atoms with Crippen molar-refractivity contribution in [3.63, 3.8) is 0 Å². The van der Waals surface area contributed by atoms with E-state index < -0.39 is 0 Å². The predicted octanol–water partition coefficient (Wildman–Crippen LogP) is 6.45. The lowest BCUT2D eigenvalue weighted by atomic mass is 9.97. The Hall–Kier alpha value is -3.22. The molecule has 0 aliphatic heterocycles. The summed E-state index contributed by atoms with van der Waals surface area (Å²) in [5.74, 6) is 0.241. The highest BCUT2D eigenvalue weighted by molar-refractivity contribution is 7.99. The summed E-state index contributed by atoms with van der Waals surface area (Å²) < 4.78 is 1.69. The van der Waals surface area contributed by atoms with E-state index in [0.717, 1.165) is 52.4 Å². The van der Waals surface area contributed by atoms with E-state index in [9.17, 15) is 9.59 Å². The van der Waals surface area contributed by atoms with Crippen LogP contribution >= 0.6 is 23.1 Å². The quantitative estimate of drug-likeness (QED) is 0.164. The first-order chi connectivity index (χ1) is 16.7. The van der Waals surface area contributed by atoms with Gasteiger partial charge in [0.15, 0.2) is 10.9 Å². The molecule has 0 saturated heterocycles. The fourth-order valence-corrected chi connectivity index (χ4v) is 6.96. The third kappa shape index (κ3) is 3.67. The Morgan fingerprint density at radius 2 is 1.71 bits per heavy atom. The summed E-state index contributed by atoms with van der Waals surface area (Å²) in [7, 11) is 0. The maximum absolute atomic E-state index is 13.8. The van der Waals surface area contributed by atoms with Gasteiger partial charge in [-0.3, -0.25) is 14.2 Å². The van der Waals surface area contributed by atoms with Gasteiger partial charge in [-0.25, -0.2) is 4.98 Å².